The molecule has 3 saturated carbocycles. The van der Waals surface area contributed by atoms with Gasteiger partial charge >= 0.3 is 5.97 Å². The van der Waals surface area contributed by atoms with Crippen LogP contribution in [0.4, 0.5) is 0 Å². The van der Waals surface area contributed by atoms with E-state index in [1.165, 1.54) is 18.3 Å². The molecule has 1 aromatic heterocycles. The second kappa shape index (κ2) is 10.3. The second-order valence-electron chi connectivity index (χ2n) is 9.84. The molecule has 7 nitrogen and oxygen atoms in total. The third-order valence-corrected chi connectivity index (χ3v) is 9.34. The molecule has 0 amide bonds. The zero-order chi connectivity index (χ0) is 24.7. The molecule has 36 heavy (non-hydrogen) atoms. The molecule has 0 spiro atoms. The Morgan fingerprint density at radius 1 is 1.03 bits per heavy atom. The summed E-state index contributed by atoms with van der Waals surface area (Å²) in [4.78, 5) is 40.9. The summed E-state index contributed by atoms with van der Waals surface area (Å²) in [7, 11) is -3.36. The summed E-state index contributed by atoms with van der Waals surface area (Å²) >= 11 is 0. The summed E-state index contributed by atoms with van der Waals surface area (Å²) in [6, 6.07) is 8.16. The Balaban J connectivity index is 0.00000304. The van der Waals surface area contributed by atoms with E-state index in [0.29, 0.717) is 53.8 Å². The Hall–Kier alpha value is -2.84. The minimum absolute atomic E-state index is 0. The summed E-state index contributed by atoms with van der Waals surface area (Å²) in [5.74, 6) is -0.958. The predicted octanol–water partition coefficient (Wildman–Crippen LogP) is 4.58. The molecule has 0 saturated heterocycles. The highest BCUT2D eigenvalue weighted by atomic mass is 35.5. The first-order valence-electron chi connectivity index (χ1n) is 12.1. The molecule has 0 aliphatic heterocycles. The zero-order valence-corrected chi connectivity index (χ0v) is 21.3. The van der Waals surface area contributed by atoms with Crippen molar-refractivity contribution in [3.63, 3.8) is 0 Å². The van der Waals surface area contributed by atoms with Gasteiger partial charge in [0.25, 0.3) is 0 Å². The first kappa shape index (κ1) is 26.2. The van der Waals surface area contributed by atoms with Gasteiger partial charge in [0.15, 0.2) is 15.6 Å². The van der Waals surface area contributed by atoms with Gasteiger partial charge in [0, 0.05) is 30.3 Å². The van der Waals surface area contributed by atoms with Gasteiger partial charge in [-0.1, -0.05) is 12.1 Å². The average molecular weight is 530 g/mol. The quantitative estimate of drug-likeness (QED) is 0.472. The Labute approximate surface area is 216 Å². The monoisotopic (exact) mass is 529 g/mol. The SMILES string of the molecule is Cl.O=C1CC[C@H](/C=C(/C(=O)Cc2ccc(C(=O)O)cn2)c2ccc(S(=O)(=O)C3CC3)c(C3CC3)c2)C1. The lowest BCUT2D eigenvalue weighted by Crippen LogP contribution is -2.12. The van der Waals surface area contributed by atoms with Crippen molar-refractivity contribution in [3.8, 4) is 0 Å². The van der Waals surface area contributed by atoms with Gasteiger partial charge in [-0.25, -0.2) is 13.2 Å². The van der Waals surface area contributed by atoms with Gasteiger partial charge in [-0.3, -0.25) is 14.6 Å². The van der Waals surface area contributed by atoms with Crippen LogP contribution in [0.25, 0.3) is 5.57 Å². The number of ketones is 2. The maximum atomic E-state index is 13.5. The molecular formula is C27H28ClNO6S. The number of sulfone groups is 1. The Morgan fingerprint density at radius 3 is 2.31 bits per heavy atom. The lowest BCUT2D eigenvalue weighted by atomic mass is 9.92. The number of Topliss-reactive ketones (excluding diaryl/α,β-unsaturated/α-hetero) is 2. The number of allylic oxidation sites excluding steroid dienone is 2. The van der Waals surface area contributed by atoms with E-state index in [9.17, 15) is 22.8 Å². The highest BCUT2D eigenvalue weighted by Gasteiger charge is 2.40. The smallest absolute Gasteiger partial charge is 0.337 e. The number of carbonyl (C=O) groups is 3. The Kier molecular flexibility index (Phi) is 7.48. The van der Waals surface area contributed by atoms with Gasteiger partial charge in [-0.2, -0.15) is 0 Å². The summed E-state index contributed by atoms with van der Waals surface area (Å²) < 4.78 is 26.0. The van der Waals surface area contributed by atoms with Crippen molar-refractivity contribution >= 4 is 45.4 Å². The van der Waals surface area contributed by atoms with Gasteiger partial charge in [-0.05, 0) is 79.3 Å². The molecule has 9 heteroatoms. The van der Waals surface area contributed by atoms with Gasteiger partial charge in [0.05, 0.1) is 22.1 Å². The molecule has 2 aromatic rings. The maximum Gasteiger partial charge on any atom is 0.337 e. The fourth-order valence-corrected chi connectivity index (χ4v) is 6.66. The minimum Gasteiger partial charge on any atom is -0.478 e. The van der Waals surface area contributed by atoms with Crippen LogP contribution in [-0.4, -0.2) is 41.3 Å². The molecule has 1 N–H and O–H groups in total. The van der Waals surface area contributed by atoms with Crippen LogP contribution in [0.2, 0.25) is 0 Å². The molecule has 1 aromatic carbocycles. The van der Waals surface area contributed by atoms with Gasteiger partial charge < -0.3 is 5.11 Å². The number of carbonyl (C=O) groups excluding carboxylic acids is 2. The topological polar surface area (TPSA) is 118 Å². The van der Waals surface area contributed by atoms with Crippen LogP contribution in [-0.2, 0) is 25.8 Å². The zero-order valence-electron chi connectivity index (χ0n) is 19.7. The van der Waals surface area contributed by atoms with Crippen LogP contribution >= 0.6 is 12.4 Å². The molecule has 3 fully saturated rings. The van der Waals surface area contributed by atoms with E-state index in [1.54, 1.807) is 12.1 Å². The highest BCUT2D eigenvalue weighted by molar-refractivity contribution is 7.92. The van der Waals surface area contributed by atoms with E-state index in [4.69, 9.17) is 5.11 Å². The third-order valence-electron chi connectivity index (χ3n) is 7.01. The lowest BCUT2D eigenvalue weighted by molar-refractivity contribution is -0.117. The molecule has 3 aliphatic carbocycles. The number of aromatic carboxylic acids is 1. The number of aromatic nitrogens is 1. The van der Waals surface area contributed by atoms with E-state index in [1.807, 2.05) is 12.1 Å². The number of benzene rings is 1. The molecule has 0 unspecified atom stereocenters. The minimum atomic E-state index is -3.36. The Morgan fingerprint density at radius 2 is 1.75 bits per heavy atom. The van der Waals surface area contributed by atoms with Crippen LogP contribution in [0, 0.1) is 5.92 Å². The van der Waals surface area contributed by atoms with E-state index in [-0.39, 0.29) is 53.0 Å². The molecule has 5 rings (SSSR count). The van der Waals surface area contributed by atoms with Crippen LogP contribution in [0.3, 0.4) is 0 Å². The summed E-state index contributed by atoms with van der Waals surface area (Å²) in [6.07, 6.45) is 7.90. The summed E-state index contributed by atoms with van der Waals surface area (Å²) in [6.45, 7) is 0. The van der Waals surface area contributed by atoms with Crippen LogP contribution in [0.5, 0.6) is 0 Å². The van der Waals surface area contributed by atoms with Crippen LogP contribution in [0.1, 0.15) is 78.0 Å². The summed E-state index contributed by atoms with van der Waals surface area (Å²) in [5.41, 5.74) is 2.41. The van der Waals surface area contributed by atoms with Crippen molar-refractivity contribution in [2.45, 2.75) is 67.4 Å². The van der Waals surface area contributed by atoms with Crippen molar-refractivity contribution in [2.75, 3.05) is 0 Å². The van der Waals surface area contributed by atoms with Crippen molar-refractivity contribution in [1.82, 2.24) is 4.98 Å². The molecule has 0 radical (unpaired) electrons. The second-order valence-corrected chi connectivity index (χ2v) is 12.0. The van der Waals surface area contributed by atoms with Crippen molar-refractivity contribution < 1.29 is 27.9 Å². The number of pyridine rings is 1. The standard InChI is InChI=1S/C27H27NO6S.ClH/c29-21-7-1-16(11-21)12-23(25(30)14-20-6-4-19(15-28-20)27(31)32)18-5-10-26(24(13-18)17-2-3-17)35(33,34)22-8-9-22;/h4-6,10,12-13,15-17,22H,1-3,7-9,11,14H2,(H,31,32);1H/b23-12+;/t16-;/m0./s1. The highest BCUT2D eigenvalue weighted by Crippen LogP contribution is 2.46. The number of nitrogens with zero attached hydrogens (tertiary/aromatic N) is 1. The van der Waals surface area contributed by atoms with Crippen molar-refractivity contribution in [3.05, 3.63) is 65.0 Å². The number of carboxylic acid groups (broad SMARTS) is 1. The van der Waals surface area contributed by atoms with Crippen LogP contribution < -0.4 is 0 Å². The first-order valence-corrected chi connectivity index (χ1v) is 13.6. The van der Waals surface area contributed by atoms with Gasteiger partial charge in [-0.15, -0.1) is 12.4 Å². The molecule has 1 heterocycles. The number of halogens is 1. The molecular weight excluding hydrogens is 502 g/mol. The average Bonchev–Trinajstić information content (AvgIpc) is 3.75. The number of rotatable bonds is 9. The third kappa shape index (κ3) is 5.60. The van der Waals surface area contributed by atoms with Gasteiger partial charge in [0.1, 0.15) is 5.78 Å². The molecule has 1 atom stereocenters. The summed E-state index contributed by atoms with van der Waals surface area (Å²) in [5, 5.41) is 8.78. The molecule has 0 bridgehead atoms. The van der Waals surface area contributed by atoms with E-state index < -0.39 is 15.8 Å². The van der Waals surface area contributed by atoms with E-state index >= 15 is 0 Å². The largest absolute Gasteiger partial charge is 0.478 e. The predicted molar refractivity (Wildman–Crippen MR) is 136 cm³/mol. The molecule has 190 valence electrons. The van der Waals surface area contributed by atoms with Crippen LogP contribution in [0.15, 0.2) is 47.5 Å². The number of hydrogen-bond acceptors (Lipinski definition) is 6. The van der Waals surface area contributed by atoms with E-state index in [2.05, 4.69) is 4.98 Å². The fraction of sp³-hybridized carbons (Fsp3) is 0.407. The van der Waals surface area contributed by atoms with Crippen molar-refractivity contribution in [2.24, 2.45) is 5.92 Å². The number of carboxylic acids is 1. The first-order chi connectivity index (χ1) is 16.7. The molecule has 3 aliphatic rings. The lowest BCUT2D eigenvalue weighted by Gasteiger charge is -2.15. The Bertz CT molecular complexity index is 1340. The van der Waals surface area contributed by atoms with Gasteiger partial charge in [0.2, 0.25) is 0 Å². The number of hydrogen-bond donors (Lipinski definition) is 1. The normalized spacial score (nSPS) is 20.2. The fourth-order valence-electron chi connectivity index (χ4n) is 4.73. The maximum absolute atomic E-state index is 13.5. The van der Waals surface area contributed by atoms with Crippen molar-refractivity contribution in [1.29, 1.82) is 0 Å². The van der Waals surface area contributed by atoms with E-state index in [0.717, 1.165) is 18.4 Å².